The Bertz CT molecular complexity index is 596. The molecule has 0 aliphatic carbocycles. The van der Waals surface area contributed by atoms with Gasteiger partial charge in [0.05, 0.1) is 0 Å². The molecule has 1 heterocycles. The minimum absolute atomic E-state index is 0.0879. The molecule has 0 unspecified atom stereocenters. The minimum atomic E-state index is -0.237. The SMILES string of the molecule is CC(=O)Nc1cc(NC(C)=O)cc(C(=O)N2CCNC[C@H]2C)c1. The van der Waals surface area contributed by atoms with E-state index >= 15 is 0 Å². The highest BCUT2D eigenvalue weighted by Gasteiger charge is 2.24. The van der Waals surface area contributed by atoms with Crippen molar-refractivity contribution < 1.29 is 14.4 Å². The lowest BCUT2D eigenvalue weighted by atomic mass is 10.1. The zero-order valence-electron chi connectivity index (χ0n) is 13.6. The summed E-state index contributed by atoms with van der Waals surface area (Å²) in [7, 11) is 0. The highest BCUT2D eigenvalue weighted by molar-refractivity contribution is 6.00. The quantitative estimate of drug-likeness (QED) is 0.776. The lowest BCUT2D eigenvalue weighted by molar-refractivity contribution is -0.115. The fourth-order valence-electron chi connectivity index (χ4n) is 2.61. The van der Waals surface area contributed by atoms with Crippen LogP contribution in [0.25, 0.3) is 0 Å². The van der Waals surface area contributed by atoms with Gasteiger partial charge in [0.15, 0.2) is 0 Å². The van der Waals surface area contributed by atoms with Crippen molar-refractivity contribution in [2.24, 2.45) is 0 Å². The van der Waals surface area contributed by atoms with Crippen molar-refractivity contribution in [3.63, 3.8) is 0 Å². The summed E-state index contributed by atoms with van der Waals surface area (Å²) in [5.41, 5.74) is 1.40. The average molecular weight is 318 g/mol. The molecule has 1 aromatic carbocycles. The van der Waals surface area contributed by atoms with Crippen LogP contribution in [0.2, 0.25) is 0 Å². The Morgan fingerprint density at radius 3 is 2.13 bits per heavy atom. The van der Waals surface area contributed by atoms with E-state index in [0.717, 1.165) is 13.1 Å². The Balaban J connectivity index is 2.32. The van der Waals surface area contributed by atoms with Crippen LogP contribution in [-0.4, -0.2) is 48.3 Å². The molecule has 1 saturated heterocycles. The van der Waals surface area contributed by atoms with E-state index in [1.165, 1.54) is 13.8 Å². The van der Waals surface area contributed by atoms with E-state index < -0.39 is 0 Å². The first-order valence-electron chi connectivity index (χ1n) is 7.59. The number of benzene rings is 1. The summed E-state index contributed by atoms with van der Waals surface area (Å²) in [6.45, 7) is 6.89. The predicted molar refractivity (Wildman–Crippen MR) is 88.4 cm³/mol. The van der Waals surface area contributed by atoms with Crippen LogP contribution in [0.5, 0.6) is 0 Å². The summed E-state index contributed by atoms with van der Waals surface area (Å²) in [5, 5.41) is 8.55. The van der Waals surface area contributed by atoms with Gasteiger partial charge < -0.3 is 20.9 Å². The minimum Gasteiger partial charge on any atom is -0.333 e. The second-order valence-electron chi connectivity index (χ2n) is 5.71. The van der Waals surface area contributed by atoms with E-state index in [4.69, 9.17) is 0 Å². The Labute approximate surface area is 135 Å². The normalized spacial score (nSPS) is 17.5. The number of carbonyl (C=O) groups is 3. The Kier molecular flexibility index (Phi) is 5.33. The summed E-state index contributed by atoms with van der Waals surface area (Å²) in [4.78, 5) is 37.1. The number of nitrogens with zero attached hydrogens (tertiary/aromatic N) is 1. The van der Waals surface area contributed by atoms with Crippen LogP contribution in [0.3, 0.4) is 0 Å². The van der Waals surface area contributed by atoms with Gasteiger partial charge in [-0.05, 0) is 25.1 Å². The zero-order chi connectivity index (χ0) is 17.0. The molecule has 1 atom stereocenters. The second kappa shape index (κ2) is 7.23. The molecule has 0 bridgehead atoms. The Morgan fingerprint density at radius 1 is 1.09 bits per heavy atom. The van der Waals surface area contributed by atoms with Gasteiger partial charge >= 0.3 is 0 Å². The molecule has 1 aliphatic rings. The molecule has 0 aromatic heterocycles. The standard InChI is InChI=1S/C16H22N4O3/c1-10-9-17-4-5-20(10)16(23)13-6-14(18-11(2)21)8-15(7-13)19-12(3)22/h6-8,10,17H,4-5,9H2,1-3H3,(H,18,21)(H,19,22)/t10-/m1/s1. The van der Waals surface area contributed by atoms with Gasteiger partial charge in [-0.2, -0.15) is 0 Å². The van der Waals surface area contributed by atoms with E-state index in [2.05, 4.69) is 16.0 Å². The molecule has 0 saturated carbocycles. The van der Waals surface area contributed by atoms with Crippen molar-refractivity contribution >= 4 is 29.1 Å². The largest absolute Gasteiger partial charge is 0.333 e. The van der Waals surface area contributed by atoms with Crippen molar-refractivity contribution in [2.75, 3.05) is 30.3 Å². The first-order valence-corrected chi connectivity index (χ1v) is 7.59. The van der Waals surface area contributed by atoms with Crippen LogP contribution in [0.1, 0.15) is 31.1 Å². The molecular weight excluding hydrogens is 296 g/mol. The molecule has 3 amide bonds. The van der Waals surface area contributed by atoms with Gasteiger partial charge in [0.25, 0.3) is 5.91 Å². The Morgan fingerprint density at radius 2 is 1.65 bits per heavy atom. The van der Waals surface area contributed by atoms with Crippen LogP contribution >= 0.6 is 0 Å². The maximum atomic E-state index is 12.8. The van der Waals surface area contributed by atoms with Crippen LogP contribution in [-0.2, 0) is 9.59 Å². The molecule has 1 fully saturated rings. The van der Waals surface area contributed by atoms with Crippen LogP contribution in [0.15, 0.2) is 18.2 Å². The molecule has 0 spiro atoms. The average Bonchev–Trinajstić information content (AvgIpc) is 2.45. The molecule has 0 radical (unpaired) electrons. The van der Waals surface area contributed by atoms with Crippen molar-refractivity contribution in [3.8, 4) is 0 Å². The first-order chi connectivity index (χ1) is 10.9. The zero-order valence-corrected chi connectivity index (χ0v) is 13.6. The van der Waals surface area contributed by atoms with Crippen LogP contribution in [0.4, 0.5) is 11.4 Å². The van der Waals surface area contributed by atoms with E-state index in [1.54, 1.807) is 23.1 Å². The molecule has 3 N–H and O–H groups in total. The summed E-state index contributed by atoms with van der Waals surface area (Å²) in [5.74, 6) is -0.587. The highest BCUT2D eigenvalue weighted by atomic mass is 16.2. The fourth-order valence-corrected chi connectivity index (χ4v) is 2.61. The van der Waals surface area contributed by atoms with Gasteiger partial charge in [0.1, 0.15) is 0 Å². The van der Waals surface area contributed by atoms with Gasteiger partial charge in [-0.3, -0.25) is 14.4 Å². The van der Waals surface area contributed by atoms with Gasteiger partial charge in [0, 0.05) is 56.5 Å². The van der Waals surface area contributed by atoms with Crippen molar-refractivity contribution in [2.45, 2.75) is 26.8 Å². The monoisotopic (exact) mass is 318 g/mol. The Hall–Kier alpha value is -2.41. The molecular formula is C16H22N4O3. The lowest BCUT2D eigenvalue weighted by Crippen LogP contribution is -2.52. The fraction of sp³-hybridized carbons (Fsp3) is 0.438. The number of piperazine rings is 1. The number of amides is 3. The third-order valence-corrected chi connectivity index (χ3v) is 3.58. The van der Waals surface area contributed by atoms with Crippen molar-refractivity contribution in [3.05, 3.63) is 23.8 Å². The van der Waals surface area contributed by atoms with Gasteiger partial charge in [-0.15, -0.1) is 0 Å². The third kappa shape index (κ3) is 4.53. The van der Waals surface area contributed by atoms with Gasteiger partial charge in [-0.1, -0.05) is 0 Å². The topological polar surface area (TPSA) is 90.5 Å². The number of hydrogen-bond donors (Lipinski definition) is 3. The molecule has 1 aliphatic heterocycles. The maximum Gasteiger partial charge on any atom is 0.254 e. The molecule has 7 heteroatoms. The number of hydrogen-bond acceptors (Lipinski definition) is 4. The van der Waals surface area contributed by atoms with Crippen LogP contribution in [0, 0.1) is 0 Å². The van der Waals surface area contributed by atoms with Gasteiger partial charge in [-0.25, -0.2) is 0 Å². The summed E-state index contributed by atoms with van der Waals surface area (Å²) in [6, 6.07) is 4.97. The number of anilines is 2. The molecule has 124 valence electrons. The van der Waals surface area contributed by atoms with Gasteiger partial charge in [0.2, 0.25) is 11.8 Å². The maximum absolute atomic E-state index is 12.8. The van der Waals surface area contributed by atoms with E-state index in [9.17, 15) is 14.4 Å². The van der Waals surface area contributed by atoms with Crippen LogP contribution < -0.4 is 16.0 Å². The van der Waals surface area contributed by atoms with E-state index in [0.29, 0.717) is 23.5 Å². The number of nitrogens with one attached hydrogen (secondary N) is 3. The van der Waals surface area contributed by atoms with E-state index in [1.807, 2.05) is 6.92 Å². The lowest BCUT2D eigenvalue weighted by Gasteiger charge is -2.34. The summed E-state index contributed by atoms with van der Waals surface area (Å²) >= 11 is 0. The molecule has 7 nitrogen and oxygen atoms in total. The third-order valence-electron chi connectivity index (χ3n) is 3.58. The summed E-state index contributed by atoms with van der Waals surface area (Å²) < 4.78 is 0. The van der Waals surface area contributed by atoms with Crippen molar-refractivity contribution in [1.82, 2.24) is 10.2 Å². The smallest absolute Gasteiger partial charge is 0.254 e. The molecule has 2 rings (SSSR count). The van der Waals surface area contributed by atoms with Crippen molar-refractivity contribution in [1.29, 1.82) is 0 Å². The number of carbonyl (C=O) groups excluding carboxylic acids is 3. The van der Waals surface area contributed by atoms with E-state index in [-0.39, 0.29) is 23.8 Å². The second-order valence-corrected chi connectivity index (χ2v) is 5.71. The molecule has 23 heavy (non-hydrogen) atoms. The summed E-state index contributed by atoms with van der Waals surface area (Å²) in [6.07, 6.45) is 0. The first kappa shape index (κ1) is 17.0. The molecule has 1 aromatic rings. The number of rotatable bonds is 3. The highest BCUT2D eigenvalue weighted by Crippen LogP contribution is 2.21. The predicted octanol–water partition coefficient (Wildman–Crippen LogP) is 1.04.